The lowest BCUT2D eigenvalue weighted by molar-refractivity contribution is 0.601. The van der Waals surface area contributed by atoms with Gasteiger partial charge in [-0.15, -0.1) is 0 Å². The van der Waals surface area contributed by atoms with Gasteiger partial charge in [-0.05, 0) is 24.6 Å². The summed E-state index contributed by atoms with van der Waals surface area (Å²) in [6, 6.07) is 5.53. The molecule has 0 bridgehead atoms. The topological polar surface area (TPSA) is 58.5 Å². The molecule has 1 aromatic rings. The molecule has 0 spiro atoms. The van der Waals surface area contributed by atoms with E-state index < -0.39 is 9.84 Å². The van der Waals surface area contributed by atoms with Crippen LogP contribution in [0.2, 0.25) is 5.02 Å². The summed E-state index contributed by atoms with van der Waals surface area (Å²) in [6.07, 6.45) is 0. The van der Waals surface area contributed by atoms with E-state index in [1.165, 1.54) is 11.8 Å². The standard InChI is InChI=1S/C12H13ClN2O2S2/c1-7-2-3-8(13)4-9(7)14-12-15-10-5-19(16,17)6-11(10)18-12/h2-4,10-11H,5-6H2,1H3,(H,14,15)/t10-,11+/m0/s1. The SMILES string of the molecule is Cc1ccc(Cl)cc1NC1=N[C@H]2CS(=O)(=O)C[C@H]2S1. The van der Waals surface area contributed by atoms with E-state index in [1.54, 1.807) is 0 Å². The normalized spacial score (nSPS) is 28.0. The number of thioether (sulfide) groups is 1. The minimum atomic E-state index is -2.89. The summed E-state index contributed by atoms with van der Waals surface area (Å²) in [5.74, 6) is 0.399. The molecule has 1 fully saturated rings. The van der Waals surface area contributed by atoms with Gasteiger partial charge in [0.15, 0.2) is 15.0 Å². The van der Waals surface area contributed by atoms with Crippen molar-refractivity contribution in [2.24, 2.45) is 4.99 Å². The van der Waals surface area contributed by atoms with Crippen LogP contribution >= 0.6 is 23.4 Å². The molecule has 2 heterocycles. The summed E-state index contributed by atoms with van der Waals surface area (Å²) in [7, 11) is -2.89. The van der Waals surface area contributed by atoms with E-state index in [1.807, 2.05) is 25.1 Å². The summed E-state index contributed by atoms with van der Waals surface area (Å²) in [6.45, 7) is 1.99. The smallest absolute Gasteiger partial charge is 0.161 e. The van der Waals surface area contributed by atoms with Crippen LogP contribution in [-0.2, 0) is 9.84 Å². The fourth-order valence-electron chi connectivity index (χ4n) is 2.26. The number of aliphatic imine (C=N–C) groups is 1. The molecule has 2 atom stereocenters. The zero-order valence-corrected chi connectivity index (χ0v) is 12.6. The second kappa shape index (κ2) is 4.68. The minimum Gasteiger partial charge on any atom is -0.335 e. The molecule has 2 aliphatic heterocycles. The van der Waals surface area contributed by atoms with Crippen molar-refractivity contribution >= 4 is 44.1 Å². The summed E-state index contributed by atoms with van der Waals surface area (Å²) >= 11 is 7.48. The quantitative estimate of drug-likeness (QED) is 0.864. The van der Waals surface area contributed by atoms with Gasteiger partial charge in [-0.2, -0.15) is 0 Å². The van der Waals surface area contributed by atoms with E-state index >= 15 is 0 Å². The number of hydrogen-bond acceptors (Lipinski definition) is 5. The molecule has 1 N–H and O–H groups in total. The van der Waals surface area contributed by atoms with Gasteiger partial charge < -0.3 is 5.32 Å². The molecule has 3 rings (SSSR count). The van der Waals surface area contributed by atoms with Crippen molar-refractivity contribution in [3.05, 3.63) is 28.8 Å². The fraction of sp³-hybridized carbons (Fsp3) is 0.417. The highest BCUT2D eigenvalue weighted by molar-refractivity contribution is 8.15. The number of hydrogen-bond donors (Lipinski definition) is 1. The van der Waals surface area contributed by atoms with Gasteiger partial charge in [0.05, 0.1) is 17.5 Å². The molecule has 0 amide bonds. The molecule has 1 aromatic carbocycles. The predicted molar refractivity (Wildman–Crippen MR) is 81.1 cm³/mol. The Bertz CT molecular complexity index is 658. The molecule has 1 saturated heterocycles. The predicted octanol–water partition coefficient (Wildman–Crippen LogP) is 2.33. The molecule has 7 heteroatoms. The maximum absolute atomic E-state index is 11.5. The van der Waals surface area contributed by atoms with Crippen LogP contribution in [-0.4, -0.2) is 36.4 Å². The highest BCUT2D eigenvalue weighted by Crippen LogP contribution is 2.35. The van der Waals surface area contributed by atoms with Crippen molar-refractivity contribution < 1.29 is 8.42 Å². The Morgan fingerprint density at radius 2 is 2.21 bits per heavy atom. The van der Waals surface area contributed by atoms with E-state index in [2.05, 4.69) is 10.3 Å². The lowest BCUT2D eigenvalue weighted by Crippen LogP contribution is -2.13. The van der Waals surface area contributed by atoms with Crippen molar-refractivity contribution in [2.45, 2.75) is 18.2 Å². The third kappa shape index (κ3) is 2.75. The number of halogens is 1. The molecular formula is C12H13ClN2O2S2. The summed E-state index contributed by atoms with van der Waals surface area (Å²) in [5, 5.41) is 4.76. The van der Waals surface area contributed by atoms with Crippen LogP contribution in [0.3, 0.4) is 0 Å². The summed E-state index contributed by atoms with van der Waals surface area (Å²) < 4.78 is 23.0. The first-order valence-electron chi connectivity index (χ1n) is 5.91. The average Bonchev–Trinajstić information content (AvgIpc) is 2.76. The third-order valence-electron chi connectivity index (χ3n) is 3.26. The number of nitrogens with one attached hydrogen (secondary N) is 1. The summed E-state index contributed by atoms with van der Waals surface area (Å²) in [4.78, 5) is 4.46. The first kappa shape index (κ1) is 13.3. The maximum Gasteiger partial charge on any atom is 0.161 e. The first-order chi connectivity index (χ1) is 8.93. The number of aryl methyl sites for hydroxylation is 1. The monoisotopic (exact) mass is 316 g/mol. The number of amidine groups is 1. The van der Waals surface area contributed by atoms with Crippen LogP contribution in [0, 0.1) is 6.92 Å². The van der Waals surface area contributed by atoms with Crippen LogP contribution in [0.25, 0.3) is 0 Å². The molecule has 4 nitrogen and oxygen atoms in total. The molecule has 0 saturated carbocycles. The lowest BCUT2D eigenvalue weighted by Gasteiger charge is -2.09. The Labute approximate surface area is 121 Å². The van der Waals surface area contributed by atoms with Crippen LogP contribution in [0.4, 0.5) is 5.69 Å². The third-order valence-corrected chi connectivity index (χ3v) is 6.64. The van der Waals surface area contributed by atoms with E-state index in [4.69, 9.17) is 11.6 Å². The molecular weight excluding hydrogens is 304 g/mol. The van der Waals surface area contributed by atoms with Crippen molar-refractivity contribution in [3.8, 4) is 0 Å². The van der Waals surface area contributed by atoms with Gasteiger partial charge in [0.1, 0.15) is 0 Å². The van der Waals surface area contributed by atoms with Gasteiger partial charge in [-0.3, -0.25) is 4.99 Å². The van der Waals surface area contributed by atoms with Crippen molar-refractivity contribution in [1.29, 1.82) is 0 Å². The van der Waals surface area contributed by atoms with Gasteiger partial charge in [-0.1, -0.05) is 29.4 Å². The number of anilines is 1. The number of sulfone groups is 1. The fourth-order valence-corrected chi connectivity index (χ4v) is 6.10. The Morgan fingerprint density at radius 3 is 2.95 bits per heavy atom. The van der Waals surface area contributed by atoms with Crippen molar-refractivity contribution in [3.63, 3.8) is 0 Å². The number of benzene rings is 1. The highest BCUT2D eigenvalue weighted by Gasteiger charge is 2.42. The molecule has 2 aliphatic rings. The molecule has 0 radical (unpaired) electrons. The van der Waals surface area contributed by atoms with Crippen molar-refractivity contribution in [1.82, 2.24) is 0 Å². The second-order valence-electron chi connectivity index (χ2n) is 4.82. The Balaban J connectivity index is 1.78. The zero-order chi connectivity index (χ0) is 13.6. The van der Waals surface area contributed by atoms with Gasteiger partial charge in [0.25, 0.3) is 0 Å². The Morgan fingerprint density at radius 1 is 1.42 bits per heavy atom. The largest absolute Gasteiger partial charge is 0.335 e. The van der Waals surface area contributed by atoms with Crippen LogP contribution in [0.15, 0.2) is 23.2 Å². The molecule has 0 aromatic heterocycles. The van der Waals surface area contributed by atoms with E-state index in [0.29, 0.717) is 5.02 Å². The molecule has 19 heavy (non-hydrogen) atoms. The Kier molecular flexibility index (Phi) is 3.27. The van der Waals surface area contributed by atoms with Gasteiger partial charge in [0.2, 0.25) is 0 Å². The summed E-state index contributed by atoms with van der Waals surface area (Å²) in [5.41, 5.74) is 2.00. The average molecular weight is 317 g/mol. The number of fused-ring (bicyclic) bond motifs is 1. The van der Waals surface area contributed by atoms with Gasteiger partial charge in [-0.25, -0.2) is 8.42 Å². The maximum atomic E-state index is 11.5. The van der Waals surface area contributed by atoms with Crippen LogP contribution in [0.1, 0.15) is 5.56 Å². The Hall–Kier alpha value is -0.720. The van der Waals surface area contributed by atoms with Crippen LogP contribution in [0.5, 0.6) is 0 Å². The van der Waals surface area contributed by atoms with E-state index in [-0.39, 0.29) is 22.8 Å². The van der Waals surface area contributed by atoms with E-state index in [0.717, 1.165) is 16.4 Å². The number of rotatable bonds is 1. The number of nitrogens with zero attached hydrogens (tertiary/aromatic N) is 1. The minimum absolute atomic E-state index is 0.0620. The lowest BCUT2D eigenvalue weighted by atomic mass is 10.2. The first-order valence-corrected chi connectivity index (χ1v) is 8.99. The zero-order valence-electron chi connectivity index (χ0n) is 10.3. The molecule has 0 unspecified atom stereocenters. The van der Waals surface area contributed by atoms with Gasteiger partial charge in [0, 0.05) is 16.0 Å². The molecule has 102 valence electrons. The van der Waals surface area contributed by atoms with Gasteiger partial charge >= 0.3 is 0 Å². The second-order valence-corrected chi connectivity index (χ2v) is 8.64. The van der Waals surface area contributed by atoms with Crippen molar-refractivity contribution in [2.75, 3.05) is 16.8 Å². The molecule has 0 aliphatic carbocycles. The van der Waals surface area contributed by atoms with Crippen LogP contribution < -0.4 is 5.32 Å². The van der Waals surface area contributed by atoms with E-state index in [9.17, 15) is 8.42 Å². The highest BCUT2D eigenvalue weighted by atomic mass is 35.5.